The van der Waals surface area contributed by atoms with E-state index in [2.05, 4.69) is 10.6 Å². The topological polar surface area (TPSA) is 87.7 Å². The number of nitrogens with zero attached hydrogens (tertiary/aromatic N) is 1. The fourth-order valence-corrected chi connectivity index (χ4v) is 6.13. The molecular formula is C30H28Cl5N3O4. The normalized spacial score (nSPS) is 17.3. The maximum absolute atomic E-state index is 13.2. The molecule has 0 aliphatic heterocycles. The third-order valence-corrected chi connectivity index (χ3v) is 8.25. The van der Waals surface area contributed by atoms with Crippen LogP contribution in [0.3, 0.4) is 0 Å². The molecular weight excluding hydrogens is 644 g/mol. The van der Waals surface area contributed by atoms with Crippen LogP contribution in [-0.2, 0) is 9.53 Å². The van der Waals surface area contributed by atoms with Crippen molar-refractivity contribution in [1.82, 2.24) is 0 Å². The van der Waals surface area contributed by atoms with Crippen molar-refractivity contribution in [3.63, 3.8) is 0 Å². The Bertz CT molecular complexity index is 1550. The van der Waals surface area contributed by atoms with Gasteiger partial charge in [0.05, 0.1) is 16.5 Å². The molecule has 0 aromatic heterocycles. The SMILES string of the molecule is Cc1cc(NC(=O)c2cc(NC(=O)[C@H]3[C@H](c4cc(Cl)cc(Cl)c4)C3(Cl)Cl)ccc2Cl)ccc1N(C)C(=O)OC(C)(C)C. The van der Waals surface area contributed by atoms with E-state index in [1.807, 2.05) is 6.92 Å². The quantitative estimate of drug-likeness (QED) is 0.256. The van der Waals surface area contributed by atoms with Gasteiger partial charge in [0.1, 0.15) is 9.93 Å². The Morgan fingerprint density at radius 2 is 1.48 bits per heavy atom. The molecule has 3 aromatic rings. The van der Waals surface area contributed by atoms with Gasteiger partial charge in [0.25, 0.3) is 5.91 Å². The summed E-state index contributed by atoms with van der Waals surface area (Å²) in [5.74, 6) is -2.22. The first kappa shape index (κ1) is 32.2. The first-order valence-corrected chi connectivity index (χ1v) is 14.7. The van der Waals surface area contributed by atoms with Gasteiger partial charge in [-0.25, -0.2) is 4.79 Å². The van der Waals surface area contributed by atoms with Crippen LogP contribution in [0.2, 0.25) is 15.1 Å². The minimum absolute atomic E-state index is 0.138. The second kappa shape index (κ2) is 12.1. The Kier molecular flexibility index (Phi) is 9.31. The Morgan fingerprint density at radius 3 is 2.07 bits per heavy atom. The molecule has 2 atom stereocenters. The first-order chi connectivity index (χ1) is 19.5. The summed E-state index contributed by atoms with van der Waals surface area (Å²) in [6.07, 6.45) is -0.498. The number of halogens is 5. The van der Waals surface area contributed by atoms with Gasteiger partial charge in [0.2, 0.25) is 5.91 Å². The third-order valence-electron chi connectivity index (χ3n) is 6.54. The van der Waals surface area contributed by atoms with Gasteiger partial charge in [0, 0.05) is 40.1 Å². The highest BCUT2D eigenvalue weighted by atomic mass is 35.5. The lowest BCUT2D eigenvalue weighted by Crippen LogP contribution is -2.34. The number of carbonyl (C=O) groups is 3. The molecule has 0 radical (unpaired) electrons. The van der Waals surface area contributed by atoms with Gasteiger partial charge in [-0.3, -0.25) is 14.5 Å². The van der Waals surface area contributed by atoms with E-state index in [4.69, 9.17) is 62.7 Å². The molecule has 0 heterocycles. The van der Waals surface area contributed by atoms with Crippen LogP contribution in [0.5, 0.6) is 0 Å². The summed E-state index contributed by atoms with van der Waals surface area (Å²) in [6.45, 7) is 7.18. The van der Waals surface area contributed by atoms with Crippen LogP contribution in [0, 0.1) is 12.8 Å². The zero-order valence-electron chi connectivity index (χ0n) is 23.3. The van der Waals surface area contributed by atoms with Gasteiger partial charge < -0.3 is 15.4 Å². The van der Waals surface area contributed by atoms with Crippen molar-refractivity contribution in [3.05, 3.63) is 86.4 Å². The van der Waals surface area contributed by atoms with Crippen molar-refractivity contribution in [2.24, 2.45) is 5.92 Å². The van der Waals surface area contributed by atoms with Gasteiger partial charge in [-0.2, -0.15) is 0 Å². The summed E-state index contributed by atoms with van der Waals surface area (Å²) in [7, 11) is 1.61. The second-order valence-corrected chi connectivity index (χ2v) is 13.7. The minimum atomic E-state index is -1.35. The lowest BCUT2D eigenvalue weighted by molar-refractivity contribution is -0.117. The average Bonchev–Trinajstić information content (AvgIpc) is 3.45. The number of ether oxygens (including phenoxy) is 1. The molecule has 3 aromatic carbocycles. The lowest BCUT2D eigenvalue weighted by Gasteiger charge is -2.25. The summed E-state index contributed by atoms with van der Waals surface area (Å²) in [5, 5.41) is 6.56. The van der Waals surface area contributed by atoms with E-state index in [0.717, 1.165) is 5.56 Å². The Hall–Kier alpha value is -2.68. The van der Waals surface area contributed by atoms with E-state index >= 15 is 0 Å². The fraction of sp³-hybridized carbons (Fsp3) is 0.300. The van der Waals surface area contributed by atoms with Crippen molar-refractivity contribution in [1.29, 1.82) is 0 Å². The van der Waals surface area contributed by atoms with Crippen molar-refractivity contribution < 1.29 is 19.1 Å². The number of amides is 3. The molecule has 7 nitrogen and oxygen atoms in total. The molecule has 12 heteroatoms. The largest absolute Gasteiger partial charge is 0.443 e. The van der Waals surface area contributed by atoms with E-state index in [-0.39, 0.29) is 10.6 Å². The van der Waals surface area contributed by atoms with Crippen molar-refractivity contribution in [3.8, 4) is 0 Å². The third kappa shape index (κ3) is 7.26. The van der Waals surface area contributed by atoms with Crippen molar-refractivity contribution >= 4 is 93.0 Å². The first-order valence-electron chi connectivity index (χ1n) is 12.8. The van der Waals surface area contributed by atoms with E-state index < -0.39 is 39.7 Å². The molecule has 0 unspecified atom stereocenters. The van der Waals surface area contributed by atoms with E-state index in [9.17, 15) is 14.4 Å². The van der Waals surface area contributed by atoms with Crippen LogP contribution in [0.15, 0.2) is 54.6 Å². The molecule has 1 fully saturated rings. The number of rotatable bonds is 6. The Labute approximate surface area is 269 Å². The van der Waals surface area contributed by atoms with Gasteiger partial charge in [-0.15, -0.1) is 23.2 Å². The molecule has 0 saturated heterocycles. The standard InChI is InChI=1S/C30H28Cl5N3O4/c1-15-10-19(7-9-23(15)38(5)28(41)42-29(2,3)4)36-26(39)21-14-20(6-8-22(21)33)37-27(40)25-24(30(25,34)35)16-11-17(31)13-18(32)12-16/h6-14,24-25H,1-5H3,(H,36,39)(H,37,40)/t24-,25+/m0/s1. The Morgan fingerprint density at radius 1 is 0.881 bits per heavy atom. The molecule has 0 bridgehead atoms. The predicted molar refractivity (Wildman–Crippen MR) is 171 cm³/mol. The number of hydrogen-bond acceptors (Lipinski definition) is 4. The number of carbonyl (C=O) groups excluding carboxylic acids is 3. The van der Waals surface area contributed by atoms with Crippen LogP contribution in [0.25, 0.3) is 0 Å². The maximum atomic E-state index is 13.2. The number of benzene rings is 3. The number of aryl methyl sites for hydroxylation is 1. The molecule has 3 amide bonds. The molecule has 1 aliphatic carbocycles. The molecule has 1 saturated carbocycles. The highest BCUT2D eigenvalue weighted by Gasteiger charge is 2.67. The molecule has 2 N–H and O–H groups in total. The zero-order valence-corrected chi connectivity index (χ0v) is 27.1. The molecule has 4 rings (SSSR count). The summed E-state index contributed by atoms with van der Waals surface area (Å²) in [6, 6.07) is 14.5. The average molecular weight is 672 g/mol. The molecule has 222 valence electrons. The van der Waals surface area contributed by atoms with E-state index in [1.165, 1.54) is 17.0 Å². The summed E-state index contributed by atoms with van der Waals surface area (Å²) < 4.78 is 4.07. The van der Waals surface area contributed by atoms with Crippen LogP contribution in [0.1, 0.15) is 48.2 Å². The number of hydrogen-bond donors (Lipinski definition) is 2. The highest BCUT2D eigenvalue weighted by molar-refractivity contribution is 6.53. The highest BCUT2D eigenvalue weighted by Crippen LogP contribution is 2.65. The van der Waals surface area contributed by atoms with Gasteiger partial charge in [0.15, 0.2) is 0 Å². The summed E-state index contributed by atoms with van der Waals surface area (Å²) in [4.78, 5) is 40.2. The van der Waals surface area contributed by atoms with Crippen LogP contribution < -0.4 is 15.5 Å². The maximum Gasteiger partial charge on any atom is 0.414 e. The lowest BCUT2D eigenvalue weighted by atomic mass is 10.1. The van der Waals surface area contributed by atoms with E-state index in [0.29, 0.717) is 32.7 Å². The van der Waals surface area contributed by atoms with Crippen LogP contribution in [0.4, 0.5) is 21.9 Å². The molecule has 1 aliphatic rings. The van der Waals surface area contributed by atoms with Crippen LogP contribution in [-0.4, -0.2) is 34.9 Å². The molecule has 0 spiro atoms. The monoisotopic (exact) mass is 669 g/mol. The van der Waals surface area contributed by atoms with Gasteiger partial charge in [-0.1, -0.05) is 34.8 Å². The number of nitrogens with one attached hydrogen (secondary N) is 2. The minimum Gasteiger partial charge on any atom is -0.443 e. The smallest absolute Gasteiger partial charge is 0.414 e. The van der Waals surface area contributed by atoms with E-state index in [1.54, 1.807) is 70.3 Å². The second-order valence-electron chi connectivity index (χ2n) is 11.0. The summed E-state index contributed by atoms with van der Waals surface area (Å²) >= 11 is 31.5. The summed E-state index contributed by atoms with van der Waals surface area (Å²) in [5.41, 5.74) is 2.32. The predicted octanol–water partition coefficient (Wildman–Crippen LogP) is 9.10. The van der Waals surface area contributed by atoms with Crippen molar-refractivity contribution in [2.45, 2.75) is 43.5 Å². The van der Waals surface area contributed by atoms with Crippen molar-refractivity contribution in [2.75, 3.05) is 22.6 Å². The fourth-order valence-electron chi connectivity index (χ4n) is 4.56. The Balaban J connectivity index is 1.46. The number of anilines is 3. The number of alkyl halides is 2. The molecule has 42 heavy (non-hydrogen) atoms. The van der Waals surface area contributed by atoms with Gasteiger partial charge >= 0.3 is 6.09 Å². The van der Waals surface area contributed by atoms with Gasteiger partial charge in [-0.05, 0) is 93.4 Å². The van der Waals surface area contributed by atoms with Crippen LogP contribution >= 0.6 is 58.0 Å². The zero-order chi connectivity index (χ0) is 31.1.